The third-order valence-corrected chi connectivity index (χ3v) is 3.44. The smallest absolute Gasteiger partial charge is 0.313 e. The summed E-state index contributed by atoms with van der Waals surface area (Å²) in [6, 6.07) is 0. The van der Waals surface area contributed by atoms with Crippen LogP contribution in [0, 0.1) is 3.57 Å². The van der Waals surface area contributed by atoms with Crippen molar-refractivity contribution in [2.24, 2.45) is 0 Å². The second-order valence-electron chi connectivity index (χ2n) is 2.03. The molecule has 0 aliphatic carbocycles. The Morgan fingerprint density at radius 3 is 3.08 bits per heavy atom. The largest absolute Gasteiger partial charge is 0.481 e. The summed E-state index contributed by atoms with van der Waals surface area (Å²) in [5.41, 5.74) is -0.247. The van der Waals surface area contributed by atoms with Gasteiger partial charge in [-0.1, -0.05) is 11.8 Å². The molecule has 0 saturated carbocycles. The zero-order valence-corrected chi connectivity index (χ0v) is 9.26. The summed E-state index contributed by atoms with van der Waals surface area (Å²) in [4.78, 5) is 27.5. The second-order valence-corrected chi connectivity index (χ2v) is 4.08. The van der Waals surface area contributed by atoms with Crippen molar-refractivity contribution in [2.45, 2.75) is 5.03 Å². The molecule has 1 rings (SSSR count). The number of aromatic amines is 1. The van der Waals surface area contributed by atoms with Gasteiger partial charge in [-0.2, -0.15) is 0 Å². The highest BCUT2D eigenvalue weighted by molar-refractivity contribution is 14.1. The monoisotopic (exact) mass is 312 g/mol. The topological polar surface area (TPSA) is 83.0 Å². The van der Waals surface area contributed by atoms with Gasteiger partial charge in [0.2, 0.25) is 0 Å². The third-order valence-electron chi connectivity index (χ3n) is 1.10. The molecule has 2 N–H and O–H groups in total. The van der Waals surface area contributed by atoms with Gasteiger partial charge in [0.05, 0.1) is 12.1 Å². The predicted molar refractivity (Wildman–Crippen MR) is 55.9 cm³/mol. The summed E-state index contributed by atoms with van der Waals surface area (Å²) in [5.74, 6) is -1.02. The summed E-state index contributed by atoms with van der Waals surface area (Å²) in [7, 11) is 0. The predicted octanol–water partition coefficient (Wildman–Crippen LogP) is 0.551. The van der Waals surface area contributed by atoms with E-state index in [4.69, 9.17) is 5.11 Å². The fraction of sp³-hybridized carbons (Fsp3) is 0.167. The molecule has 7 heteroatoms. The first-order valence-electron chi connectivity index (χ1n) is 3.19. The van der Waals surface area contributed by atoms with Crippen LogP contribution in [0.2, 0.25) is 0 Å². The first kappa shape index (κ1) is 10.5. The Kier molecular flexibility index (Phi) is 3.72. The Morgan fingerprint density at radius 2 is 2.46 bits per heavy atom. The number of nitrogens with one attached hydrogen (secondary N) is 1. The molecular formula is C6H5IN2O3S. The molecule has 0 aliphatic heterocycles. The zero-order chi connectivity index (χ0) is 9.84. The molecule has 70 valence electrons. The van der Waals surface area contributed by atoms with E-state index >= 15 is 0 Å². The molecular weight excluding hydrogens is 307 g/mol. The molecule has 1 aromatic heterocycles. The first-order chi connectivity index (χ1) is 6.11. The Labute approximate surface area is 91.1 Å². The lowest BCUT2D eigenvalue weighted by Crippen LogP contribution is -2.12. The van der Waals surface area contributed by atoms with Gasteiger partial charge in [0.1, 0.15) is 8.60 Å². The molecule has 0 aliphatic rings. The number of aromatic nitrogens is 2. The average Bonchev–Trinajstić information content (AvgIpc) is 2.07. The summed E-state index contributed by atoms with van der Waals surface area (Å²) >= 11 is 2.86. The fourth-order valence-corrected chi connectivity index (χ4v) is 1.97. The van der Waals surface area contributed by atoms with E-state index in [1.165, 1.54) is 6.33 Å². The SMILES string of the molecule is O=C(O)CSc1nc[nH]c(=O)c1I. The number of carboxylic acid groups (broad SMARTS) is 1. The van der Waals surface area contributed by atoms with Crippen LogP contribution in [-0.4, -0.2) is 26.8 Å². The van der Waals surface area contributed by atoms with Crippen molar-refractivity contribution in [3.05, 3.63) is 20.3 Å². The van der Waals surface area contributed by atoms with Crippen molar-refractivity contribution in [3.8, 4) is 0 Å². The minimum atomic E-state index is -0.928. The quantitative estimate of drug-likeness (QED) is 0.484. The lowest BCUT2D eigenvalue weighted by atomic mass is 10.7. The Bertz CT molecular complexity index is 378. The lowest BCUT2D eigenvalue weighted by molar-refractivity contribution is -0.133. The number of hydrogen-bond acceptors (Lipinski definition) is 4. The fourth-order valence-electron chi connectivity index (χ4n) is 0.597. The Morgan fingerprint density at radius 1 is 1.77 bits per heavy atom. The molecule has 5 nitrogen and oxygen atoms in total. The van der Waals surface area contributed by atoms with Crippen LogP contribution >= 0.6 is 34.4 Å². The number of hydrogen-bond donors (Lipinski definition) is 2. The molecule has 0 amide bonds. The van der Waals surface area contributed by atoms with E-state index in [-0.39, 0.29) is 11.3 Å². The van der Waals surface area contributed by atoms with Gasteiger partial charge in [-0.15, -0.1) is 0 Å². The van der Waals surface area contributed by atoms with E-state index < -0.39 is 5.97 Å². The van der Waals surface area contributed by atoms with Gasteiger partial charge >= 0.3 is 5.97 Å². The van der Waals surface area contributed by atoms with Crippen molar-refractivity contribution in [2.75, 3.05) is 5.75 Å². The maximum Gasteiger partial charge on any atom is 0.313 e. The Balaban J connectivity index is 2.83. The molecule has 13 heavy (non-hydrogen) atoms. The van der Waals surface area contributed by atoms with Gasteiger partial charge in [-0.05, 0) is 22.6 Å². The van der Waals surface area contributed by atoms with Crippen LogP contribution in [0.5, 0.6) is 0 Å². The van der Waals surface area contributed by atoms with Crippen LogP contribution in [0.3, 0.4) is 0 Å². The van der Waals surface area contributed by atoms with E-state index in [1.807, 2.05) is 22.6 Å². The van der Waals surface area contributed by atoms with Gasteiger partial charge in [0.15, 0.2) is 0 Å². The molecule has 0 fully saturated rings. The maximum absolute atomic E-state index is 11.0. The first-order valence-corrected chi connectivity index (χ1v) is 5.25. The summed E-state index contributed by atoms with van der Waals surface area (Å²) in [5, 5.41) is 8.85. The van der Waals surface area contributed by atoms with E-state index in [0.717, 1.165) is 11.8 Å². The van der Waals surface area contributed by atoms with Gasteiger partial charge in [0.25, 0.3) is 5.56 Å². The molecule has 0 atom stereocenters. The van der Waals surface area contributed by atoms with Crippen LogP contribution < -0.4 is 5.56 Å². The van der Waals surface area contributed by atoms with E-state index in [1.54, 1.807) is 0 Å². The molecule has 0 bridgehead atoms. The highest BCUT2D eigenvalue weighted by atomic mass is 127. The highest BCUT2D eigenvalue weighted by Gasteiger charge is 2.07. The molecule has 0 unspecified atom stereocenters. The third kappa shape index (κ3) is 2.99. The average molecular weight is 312 g/mol. The molecule has 0 radical (unpaired) electrons. The van der Waals surface area contributed by atoms with Crippen molar-refractivity contribution < 1.29 is 9.90 Å². The normalized spacial score (nSPS) is 9.92. The van der Waals surface area contributed by atoms with Gasteiger partial charge in [-0.25, -0.2) is 4.98 Å². The van der Waals surface area contributed by atoms with Gasteiger partial charge in [0, 0.05) is 0 Å². The van der Waals surface area contributed by atoms with E-state index in [9.17, 15) is 9.59 Å². The summed E-state index contributed by atoms with van der Waals surface area (Å²) in [6.45, 7) is 0. The van der Waals surface area contributed by atoms with E-state index in [0.29, 0.717) is 8.60 Å². The van der Waals surface area contributed by atoms with E-state index in [2.05, 4.69) is 9.97 Å². The zero-order valence-electron chi connectivity index (χ0n) is 6.28. The number of H-pyrrole nitrogens is 1. The van der Waals surface area contributed by atoms with Crippen molar-refractivity contribution in [1.82, 2.24) is 9.97 Å². The molecule has 0 spiro atoms. The molecule has 1 aromatic rings. The number of halogens is 1. The Hall–Kier alpha value is -0.570. The van der Waals surface area contributed by atoms with Crippen LogP contribution in [-0.2, 0) is 4.79 Å². The maximum atomic E-state index is 11.0. The van der Waals surface area contributed by atoms with Gasteiger partial charge < -0.3 is 10.1 Å². The van der Waals surface area contributed by atoms with Crippen LogP contribution in [0.15, 0.2) is 16.1 Å². The van der Waals surface area contributed by atoms with Crippen LogP contribution in [0.25, 0.3) is 0 Å². The van der Waals surface area contributed by atoms with Crippen molar-refractivity contribution in [1.29, 1.82) is 0 Å². The molecule has 1 heterocycles. The standard InChI is InChI=1S/C6H5IN2O3S/c7-4-5(12)8-2-9-6(4)13-1-3(10)11/h2H,1H2,(H,10,11)(H,8,9,12). The number of nitrogens with zero attached hydrogens (tertiary/aromatic N) is 1. The molecule has 0 aromatic carbocycles. The number of carbonyl (C=O) groups is 1. The second kappa shape index (κ2) is 4.61. The number of aliphatic carboxylic acids is 1. The number of thioether (sulfide) groups is 1. The van der Waals surface area contributed by atoms with Crippen LogP contribution in [0.4, 0.5) is 0 Å². The number of rotatable bonds is 3. The van der Waals surface area contributed by atoms with Gasteiger partial charge in [-0.3, -0.25) is 9.59 Å². The highest BCUT2D eigenvalue weighted by Crippen LogP contribution is 2.17. The molecule has 0 saturated heterocycles. The van der Waals surface area contributed by atoms with Crippen LogP contribution in [0.1, 0.15) is 0 Å². The minimum Gasteiger partial charge on any atom is -0.481 e. The summed E-state index contributed by atoms with van der Waals surface area (Å²) in [6.07, 6.45) is 1.26. The van der Waals surface area contributed by atoms with Crippen molar-refractivity contribution >= 4 is 40.3 Å². The number of carboxylic acids is 1. The lowest BCUT2D eigenvalue weighted by Gasteiger charge is -1.98. The summed E-state index contributed by atoms with van der Waals surface area (Å²) < 4.78 is 0.423. The van der Waals surface area contributed by atoms with Crippen molar-refractivity contribution in [3.63, 3.8) is 0 Å². The minimum absolute atomic E-state index is 0.0908.